The molecule has 0 saturated carbocycles. The maximum absolute atomic E-state index is 11.6. The average molecular weight is 436 g/mol. The molecule has 9 heteroatoms. The van der Waals surface area contributed by atoms with Gasteiger partial charge in [-0.3, -0.25) is 10.1 Å². The third kappa shape index (κ3) is 4.09. The van der Waals surface area contributed by atoms with E-state index in [-0.39, 0.29) is 17.4 Å². The maximum Gasteiger partial charge on any atom is 0.373 e. The predicted octanol–water partition coefficient (Wildman–Crippen LogP) is 5.65. The SMILES string of the molecule is Cc1cc(Cl)ccc1Nc1ncnc(Oc2ccc(Br)cc2)c1[N+](=O)[O-]. The van der Waals surface area contributed by atoms with E-state index >= 15 is 0 Å². The zero-order valence-electron chi connectivity index (χ0n) is 13.4. The van der Waals surface area contributed by atoms with Crippen LogP contribution in [0.3, 0.4) is 0 Å². The van der Waals surface area contributed by atoms with Crippen LogP contribution < -0.4 is 10.1 Å². The lowest BCUT2D eigenvalue weighted by Crippen LogP contribution is -2.04. The molecule has 132 valence electrons. The first-order chi connectivity index (χ1) is 12.4. The van der Waals surface area contributed by atoms with Crippen molar-refractivity contribution in [2.45, 2.75) is 6.92 Å². The van der Waals surface area contributed by atoms with Crippen LogP contribution in [0.2, 0.25) is 5.02 Å². The Bertz CT molecular complexity index is 967. The molecule has 1 heterocycles. The Hall–Kier alpha value is -2.71. The minimum absolute atomic E-state index is 0.0301. The molecule has 0 spiro atoms. The van der Waals surface area contributed by atoms with Gasteiger partial charge in [-0.2, -0.15) is 4.98 Å². The van der Waals surface area contributed by atoms with Crippen LogP contribution in [0.1, 0.15) is 5.56 Å². The van der Waals surface area contributed by atoms with Gasteiger partial charge in [-0.15, -0.1) is 0 Å². The van der Waals surface area contributed by atoms with E-state index in [1.165, 1.54) is 6.33 Å². The smallest absolute Gasteiger partial charge is 0.373 e. The monoisotopic (exact) mass is 434 g/mol. The van der Waals surface area contributed by atoms with Crippen LogP contribution in [0, 0.1) is 17.0 Å². The van der Waals surface area contributed by atoms with Gasteiger partial charge in [0, 0.05) is 15.2 Å². The summed E-state index contributed by atoms with van der Waals surface area (Å²) in [6.07, 6.45) is 1.20. The molecule has 1 aromatic heterocycles. The van der Waals surface area contributed by atoms with E-state index < -0.39 is 4.92 Å². The summed E-state index contributed by atoms with van der Waals surface area (Å²) in [5.74, 6) is 0.299. The Morgan fingerprint density at radius 3 is 2.58 bits per heavy atom. The largest absolute Gasteiger partial charge is 0.434 e. The number of rotatable bonds is 5. The molecule has 0 aliphatic carbocycles. The first kappa shape index (κ1) is 18.1. The molecule has 0 saturated heterocycles. The fourth-order valence-electron chi connectivity index (χ4n) is 2.20. The van der Waals surface area contributed by atoms with Crippen LogP contribution in [0.25, 0.3) is 0 Å². The Labute approximate surface area is 162 Å². The molecule has 3 rings (SSSR count). The fraction of sp³-hybridized carbons (Fsp3) is 0.0588. The third-order valence-electron chi connectivity index (χ3n) is 3.44. The Morgan fingerprint density at radius 1 is 1.19 bits per heavy atom. The molecule has 0 fully saturated rings. The van der Waals surface area contributed by atoms with Crippen LogP contribution in [-0.4, -0.2) is 14.9 Å². The van der Waals surface area contributed by atoms with Gasteiger partial charge >= 0.3 is 11.6 Å². The van der Waals surface area contributed by atoms with Crippen molar-refractivity contribution in [1.82, 2.24) is 9.97 Å². The van der Waals surface area contributed by atoms with E-state index in [1.807, 2.05) is 6.92 Å². The third-order valence-corrected chi connectivity index (χ3v) is 4.20. The van der Waals surface area contributed by atoms with Gasteiger partial charge in [-0.25, -0.2) is 4.98 Å². The van der Waals surface area contributed by atoms with Crippen molar-refractivity contribution in [2.24, 2.45) is 0 Å². The van der Waals surface area contributed by atoms with Crippen molar-refractivity contribution < 1.29 is 9.66 Å². The van der Waals surface area contributed by atoms with Gasteiger partial charge in [-0.05, 0) is 55.0 Å². The van der Waals surface area contributed by atoms with Gasteiger partial charge in [-0.1, -0.05) is 27.5 Å². The number of aromatic nitrogens is 2. The summed E-state index contributed by atoms with van der Waals surface area (Å²) >= 11 is 9.26. The first-order valence-electron chi connectivity index (χ1n) is 7.40. The number of nitrogens with one attached hydrogen (secondary N) is 1. The molecule has 2 aromatic carbocycles. The Morgan fingerprint density at radius 2 is 1.92 bits per heavy atom. The molecule has 3 aromatic rings. The summed E-state index contributed by atoms with van der Waals surface area (Å²) in [6.45, 7) is 1.83. The standard InChI is InChI=1S/C17H12BrClN4O3/c1-10-8-12(19)4-7-14(10)22-16-15(23(24)25)17(21-9-20-16)26-13-5-2-11(18)3-6-13/h2-9H,1H3,(H,20,21,22). The molecule has 26 heavy (non-hydrogen) atoms. The summed E-state index contributed by atoms with van der Waals surface area (Å²) in [7, 11) is 0. The molecule has 1 N–H and O–H groups in total. The van der Waals surface area contributed by atoms with E-state index in [1.54, 1.807) is 42.5 Å². The van der Waals surface area contributed by atoms with Gasteiger partial charge in [0.1, 0.15) is 12.1 Å². The molecule has 0 aliphatic rings. The Kier molecular flexibility index (Phi) is 5.34. The second-order valence-corrected chi connectivity index (χ2v) is 6.63. The van der Waals surface area contributed by atoms with Gasteiger partial charge < -0.3 is 10.1 Å². The highest BCUT2D eigenvalue weighted by Gasteiger charge is 2.25. The van der Waals surface area contributed by atoms with Crippen molar-refractivity contribution in [3.8, 4) is 11.6 Å². The number of nitro groups is 1. The quantitative estimate of drug-likeness (QED) is 0.412. The summed E-state index contributed by atoms with van der Waals surface area (Å²) < 4.78 is 6.44. The van der Waals surface area contributed by atoms with Crippen LogP contribution in [0.15, 0.2) is 53.3 Å². The number of benzene rings is 2. The number of halogens is 2. The van der Waals surface area contributed by atoms with Crippen LogP contribution in [-0.2, 0) is 0 Å². The fourth-order valence-corrected chi connectivity index (χ4v) is 2.69. The van der Waals surface area contributed by atoms with Crippen molar-refractivity contribution >= 4 is 44.7 Å². The highest BCUT2D eigenvalue weighted by Crippen LogP contribution is 2.36. The minimum Gasteiger partial charge on any atom is -0.434 e. The van der Waals surface area contributed by atoms with Crippen LogP contribution >= 0.6 is 27.5 Å². The molecule has 7 nitrogen and oxygen atoms in total. The van der Waals surface area contributed by atoms with Gasteiger partial charge in [0.25, 0.3) is 0 Å². The van der Waals surface area contributed by atoms with Crippen molar-refractivity contribution in [2.75, 3.05) is 5.32 Å². The van der Waals surface area contributed by atoms with Gasteiger partial charge in [0.15, 0.2) is 0 Å². The lowest BCUT2D eigenvalue weighted by atomic mass is 10.2. The summed E-state index contributed by atoms with van der Waals surface area (Å²) in [5, 5.41) is 15.1. The molecule has 0 radical (unpaired) electrons. The van der Waals surface area contributed by atoms with E-state index in [0.29, 0.717) is 16.5 Å². The van der Waals surface area contributed by atoms with Crippen molar-refractivity contribution in [3.63, 3.8) is 0 Å². The summed E-state index contributed by atoms with van der Waals surface area (Å²) in [5.41, 5.74) is 1.11. The lowest BCUT2D eigenvalue weighted by molar-refractivity contribution is -0.385. The minimum atomic E-state index is -0.582. The molecular formula is C17H12BrClN4O3. The van der Waals surface area contributed by atoms with Gasteiger partial charge in [0.05, 0.1) is 4.92 Å². The highest BCUT2D eigenvalue weighted by molar-refractivity contribution is 9.10. The van der Waals surface area contributed by atoms with Gasteiger partial charge in [0.2, 0.25) is 5.82 Å². The molecule has 0 unspecified atom stereocenters. The van der Waals surface area contributed by atoms with Crippen molar-refractivity contribution in [1.29, 1.82) is 0 Å². The topological polar surface area (TPSA) is 90.2 Å². The van der Waals surface area contributed by atoms with E-state index in [4.69, 9.17) is 16.3 Å². The normalized spacial score (nSPS) is 10.4. The van der Waals surface area contributed by atoms with E-state index in [9.17, 15) is 10.1 Å². The molecule has 0 bridgehead atoms. The second-order valence-electron chi connectivity index (χ2n) is 5.27. The predicted molar refractivity (Wildman–Crippen MR) is 102 cm³/mol. The zero-order chi connectivity index (χ0) is 18.7. The second kappa shape index (κ2) is 7.67. The first-order valence-corrected chi connectivity index (χ1v) is 8.57. The van der Waals surface area contributed by atoms with Crippen LogP contribution in [0.5, 0.6) is 11.6 Å². The number of hydrogen-bond donors (Lipinski definition) is 1. The molecule has 0 atom stereocenters. The highest BCUT2D eigenvalue weighted by atomic mass is 79.9. The molecule has 0 aliphatic heterocycles. The number of hydrogen-bond acceptors (Lipinski definition) is 6. The van der Waals surface area contributed by atoms with E-state index in [0.717, 1.165) is 10.0 Å². The summed E-state index contributed by atoms with van der Waals surface area (Å²) in [6, 6.07) is 12.0. The maximum atomic E-state index is 11.6. The van der Waals surface area contributed by atoms with E-state index in [2.05, 4.69) is 31.2 Å². The summed E-state index contributed by atoms with van der Waals surface area (Å²) in [4.78, 5) is 18.9. The Balaban J connectivity index is 1.98. The molecular weight excluding hydrogens is 424 g/mol. The average Bonchev–Trinajstić information content (AvgIpc) is 2.59. The van der Waals surface area contributed by atoms with Crippen molar-refractivity contribution in [3.05, 3.63) is 74.0 Å². The number of anilines is 2. The number of ether oxygens (including phenoxy) is 1. The zero-order valence-corrected chi connectivity index (χ0v) is 15.8. The van der Waals surface area contributed by atoms with Crippen LogP contribution in [0.4, 0.5) is 17.2 Å². The lowest BCUT2D eigenvalue weighted by Gasteiger charge is -2.11. The number of aryl methyl sites for hydroxylation is 1. The number of nitrogens with zero attached hydrogens (tertiary/aromatic N) is 3. The molecule has 0 amide bonds.